The topological polar surface area (TPSA) is 110 Å². The molecule has 1 unspecified atom stereocenters. The monoisotopic (exact) mass is 345 g/mol. The summed E-state index contributed by atoms with van der Waals surface area (Å²) in [4.78, 5) is 46.5. The van der Waals surface area contributed by atoms with Crippen LogP contribution in [0.4, 0.5) is 0 Å². The highest BCUT2D eigenvalue weighted by Gasteiger charge is 2.16. The van der Waals surface area contributed by atoms with Crippen LogP contribution in [0.25, 0.3) is 0 Å². The van der Waals surface area contributed by atoms with Crippen molar-refractivity contribution in [1.82, 2.24) is 14.5 Å². The van der Waals surface area contributed by atoms with E-state index in [1.165, 1.54) is 19.3 Å². The van der Waals surface area contributed by atoms with Gasteiger partial charge in [0.1, 0.15) is 6.54 Å². The normalized spacial score (nSPS) is 11.7. The first-order valence-corrected chi connectivity index (χ1v) is 7.71. The molecule has 1 heterocycles. The molecule has 25 heavy (non-hydrogen) atoms. The third kappa shape index (κ3) is 4.90. The lowest BCUT2D eigenvalue weighted by Gasteiger charge is -2.19. The van der Waals surface area contributed by atoms with Gasteiger partial charge in [-0.1, -0.05) is 30.3 Å². The van der Waals surface area contributed by atoms with Gasteiger partial charge in [0.15, 0.2) is 0 Å². The Morgan fingerprint density at radius 2 is 1.84 bits per heavy atom. The van der Waals surface area contributed by atoms with Gasteiger partial charge < -0.3 is 10.4 Å². The lowest BCUT2D eigenvalue weighted by atomic mass is 10.0. The molecular formula is C17H19N3O5. The number of amides is 1. The van der Waals surface area contributed by atoms with Gasteiger partial charge in [-0.25, -0.2) is 4.79 Å². The summed E-state index contributed by atoms with van der Waals surface area (Å²) < 4.78 is 2.03. The first-order chi connectivity index (χ1) is 11.9. The molecule has 8 nitrogen and oxygen atoms in total. The van der Waals surface area contributed by atoms with E-state index < -0.39 is 29.2 Å². The van der Waals surface area contributed by atoms with Crippen LogP contribution in [0.2, 0.25) is 0 Å². The molecule has 2 aromatic rings. The van der Waals surface area contributed by atoms with E-state index in [0.29, 0.717) is 0 Å². The molecule has 8 heteroatoms. The highest BCUT2D eigenvalue weighted by molar-refractivity contribution is 5.76. The smallest absolute Gasteiger partial charge is 0.331 e. The fourth-order valence-electron chi connectivity index (χ4n) is 2.41. The van der Waals surface area contributed by atoms with Crippen LogP contribution in [-0.4, -0.2) is 26.1 Å². The van der Waals surface area contributed by atoms with Crippen LogP contribution in [0.5, 0.6) is 0 Å². The number of aliphatic carboxylic acids is 1. The van der Waals surface area contributed by atoms with Gasteiger partial charge in [0.05, 0.1) is 6.04 Å². The minimum Gasteiger partial charge on any atom is -0.481 e. The SMILES string of the molecule is Cn1c(=O)ccn(CC(=O)NC(CCC(=O)O)c2ccccc2)c1=O. The molecule has 2 rings (SSSR count). The zero-order chi connectivity index (χ0) is 18.4. The second-order valence-electron chi connectivity index (χ2n) is 5.59. The predicted octanol–water partition coefficient (Wildman–Crippen LogP) is 0.269. The zero-order valence-corrected chi connectivity index (χ0v) is 13.7. The molecule has 1 aromatic carbocycles. The Morgan fingerprint density at radius 3 is 2.48 bits per heavy atom. The van der Waals surface area contributed by atoms with Crippen molar-refractivity contribution in [2.75, 3.05) is 0 Å². The molecule has 0 radical (unpaired) electrons. The minimum absolute atomic E-state index is 0.0976. The van der Waals surface area contributed by atoms with Crippen LogP contribution in [0.15, 0.2) is 52.2 Å². The number of benzene rings is 1. The molecule has 0 saturated carbocycles. The number of nitrogens with one attached hydrogen (secondary N) is 1. The number of rotatable bonds is 7. The third-order valence-corrected chi connectivity index (χ3v) is 3.76. The van der Waals surface area contributed by atoms with Crippen molar-refractivity contribution >= 4 is 11.9 Å². The lowest BCUT2D eigenvalue weighted by molar-refractivity contribution is -0.137. The highest BCUT2D eigenvalue weighted by atomic mass is 16.4. The molecule has 0 aliphatic heterocycles. The Hall–Kier alpha value is -3.16. The van der Waals surface area contributed by atoms with Gasteiger partial charge in [-0.05, 0) is 12.0 Å². The number of hydrogen-bond donors (Lipinski definition) is 2. The van der Waals surface area contributed by atoms with E-state index in [9.17, 15) is 19.2 Å². The van der Waals surface area contributed by atoms with Crippen LogP contribution in [-0.2, 0) is 23.2 Å². The Balaban J connectivity index is 2.14. The van der Waals surface area contributed by atoms with E-state index in [-0.39, 0.29) is 19.4 Å². The zero-order valence-electron chi connectivity index (χ0n) is 13.7. The van der Waals surface area contributed by atoms with Crippen LogP contribution >= 0.6 is 0 Å². The predicted molar refractivity (Wildman–Crippen MR) is 90.1 cm³/mol. The molecule has 132 valence electrons. The van der Waals surface area contributed by atoms with Gasteiger partial charge in [-0.15, -0.1) is 0 Å². The molecule has 2 N–H and O–H groups in total. The maximum Gasteiger partial charge on any atom is 0.331 e. The van der Waals surface area contributed by atoms with E-state index in [1.54, 1.807) is 24.3 Å². The molecule has 0 aliphatic rings. The van der Waals surface area contributed by atoms with E-state index in [1.807, 2.05) is 6.07 Å². The first-order valence-electron chi connectivity index (χ1n) is 7.71. The van der Waals surface area contributed by atoms with Crippen molar-refractivity contribution in [1.29, 1.82) is 0 Å². The van der Waals surface area contributed by atoms with Gasteiger partial charge >= 0.3 is 11.7 Å². The summed E-state index contributed by atoms with van der Waals surface area (Å²) in [6.07, 6.45) is 1.39. The fourth-order valence-corrected chi connectivity index (χ4v) is 2.41. The number of nitrogens with zero attached hydrogens (tertiary/aromatic N) is 2. The largest absolute Gasteiger partial charge is 0.481 e. The van der Waals surface area contributed by atoms with Crippen molar-refractivity contribution < 1.29 is 14.7 Å². The lowest BCUT2D eigenvalue weighted by Crippen LogP contribution is -2.41. The number of carbonyl (C=O) groups is 2. The Bertz CT molecular complexity index is 870. The average molecular weight is 345 g/mol. The molecule has 0 saturated heterocycles. The Morgan fingerprint density at radius 1 is 1.16 bits per heavy atom. The van der Waals surface area contributed by atoms with Gasteiger partial charge in [0.2, 0.25) is 5.91 Å². The van der Waals surface area contributed by atoms with E-state index >= 15 is 0 Å². The van der Waals surface area contributed by atoms with Gasteiger partial charge in [-0.3, -0.25) is 23.5 Å². The number of carboxylic acid groups (broad SMARTS) is 1. The van der Waals surface area contributed by atoms with Crippen molar-refractivity contribution in [3.8, 4) is 0 Å². The standard InChI is InChI=1S/C17H19N3O5/c1-19-15(22)9-10-20(17(19)25)11-14(21)18-13(7-8-16(23)24)12-5-3-2-4-6-12/h2-6,9-10,13H,7-8,11H2,1H3,(H,18,21)(H,23,24). The number of carboxylic acids is 1. The summed E-state index contributed by atoms with van der Waals surface area (Å²) in [6.45, 7) is -0.261. The van der Waals surface area contributed by atoms with Crippen LogP contribution in [0, 0.1) is 0 Å². The van der Waals surface area contributed by atoms with Crippen molar-refractivity contribution in [3.63, 3.8) is 0 Å². The summed E-state index contributed by atoms with van der Waals surface area (Å²) in [5.41, 5.74) is -0.264. The van der Waals surface area contributed by atoms with Gasteiger partial charge in [0.25, 0.3) is 5.56 Å². The minimum atomic E-state index is -0.954. The molecular weight excluding hydrogens is 326 g/mol. The summed E-state index contributed by atoms with van der Waals surface area (Å²) in [5, 5.41) is 11.6. The van der Waals surface area contributed by atoms with E-state index in [2.05, 4.69) is 5.32 Å². The third-order valence-electron chi connectivity index (χ3n) is 3.76. The van der Waals surface area contributed by atoms with Crippen molar-refractivity contribution in [2.24, 2.45) is 7.05 Å². The van der Waals surface area contributed by atoms with E-state index in [0.717, 1.165) is 14.7 Å². The van der Waals surface area contributed by atoms with Crippen LogP contribution < -0.4 is 16.6 Å². The quantitative estimate of drug-likeness (QED) is 0.748. The average Bonchev–Trinajstić information content (AvgIpc) is 2.59. The summed E-state index contributed by atoms with van der Waals surface area (Å²) in [6, 6.07) is 9.74. The molecule has 1 atom stereocenters. The Labute approximate surface area is 143 Å². The van der Waals surface area contributed by atoms with Crippen molar-refractivity contribution in [3.05, 3.63) is 69.0 Å². The maximum absolute atomic E-state index is 12.3. The molecule has 1 amide bonds. The molecule has 1 aromatic heterocycles. The number of aromatic nitrogens is 2. The number of hydrogen-bond acceptors (Lipinski definition) is 4. The van der Waals surface area contributed by atoms with E-state index in [4.69, 9.17) is 5.11 Å². The molecule has 0 fully saturated rings. The number of carbonyl (C=O) groups excluding carboxylic acids is 1. The fraction of sp³-hybridized carbons (Fsp3) is 0.294. The van der Waals surface area contributed by atoms with Crippen LogP contribution in [0.3, 0.4) is 0 Å². The first kappa shape index (κ1) is 18.2. The van der Waals surface area contributed by atoms with Crippen molar-refractivity contribution in [2.45, 2.75) is 25.4 Å². The Kier molecular flexibility index (Phi) is 5.89. The maximum atomic E-state index is 12.3. The van der Waals surface area contributed by atoms with Gasteiger partial charge in [0, 0.05) is 25.7 Å². The summed E-state index contributed by atoms with van der Waals surface area (Å²) >= 11 is 0. The summed E-state index contributed by atoms with van der Waals surface area (Å²) in [7, 11) is 1.33. The highest BCUT2D eigenvalue weighted by Crippen LogP contribution is 2.18. The second kappa shape index (κ2) is 8.09. The van der Waals surface area contributed by atoms with Gasteiger partial charge in [-0.2, -0.15) is 0 Å². The summed E-state index contributed by atoms with van der Waals surface area (Å²) in [5.74, 6) is -1.40. The molecule has 0 spiro atoms. The second-order valence-corrected chi connectivity index (χ2v) is 5.59. The molecule has 0 bridgehead atoms. The molecule has 0 aliphatic carbocycles. The van der Waals surface area contributed by atoms with Crippen LogP contribution in [0.1, 0.15) is 24.4 Å².